The average Bonchev–Trinajstić information content (AvgIpc) is 3.19. The smallest absolute Gasteiger partial charge is 0.308 e. The molecule has 4 atom stereocenters. The number of piperidine rings is 1. The molecule has 0 N–H and O–H groups in total. The lowest BCUT2D eigenvalue weighted by Gasteiger charge is -2.40. The number of unbranched alkanes of at least 4 members (excludes halogenated alkanes) is 20. The van der Waals surface area contributed by atoms with Gasteiger partial charge in [-0.3, -0.25) is 9.59 Å². The standard InChI is InChI=1S/C50H97NO4/c1-6-11-16-20-22-27-36-46(34-25-18-13-8-3)49(52)54-42-31-24-29-38-48-40-39-45(44-51(48)41-15-10-5)33-30-32-43-55-50(53)47(35-26-19-14-9-4)37-28-23-21-17-12-7-2/h45-48H,6-44H2,1-5H3. The summed E-state index contributed by atoms with van der Waals surface area (Å²) in [7, 11) is 0. The number of hydrogen-bond acceptors (Lipinski definition) is 5. The first kappa shape index (κ1) is 51.9. The maximum absolute atomic E-state index is 13.1. The molecule has 1 saturated heterocycles. The van der Waals surface area contributed by atoms with Gasteiger partial charge in [0.1, 0.15) is 0 Å². The van der Waals surface area contributed by atoms with Gasteiger partial charge >= 0.3 is 11.9 Å². The van der Waals surface area contributed by atoms with Gasteiger partial charge in [-0.15, -0.1) is 0 Å². The zero-order valence-electron chi connectivity index (χ0n) is 38.0. The Morgan fingerprint density at radius 3 is 1.31 bits per heavy atom. The third-order valence-electron chi connectivity index (χ3n) is 12.7. The molecule has 0 saturated carbocycles. The number of ether oxygens (including phenoxy) is 2. The van der Waals surface area contributed by atoms with Gasteiger partial charge in [0.15, 0.2) is 0 Å². The van der Waals surface area contributed by atoms with Crippen LogP contribution in [0.1, 0.15) is 259 Å². The molecule has 1 aliphatic heterocycles. The number of hydrogen-bond donors (Lipinski definition) is 0. The first-order valence-corrected chi connectivity index (χ1v) is 25.1. The highest BCUT2D eigenvalue weighted by molar-refractivity contribution is 5.72. The number of likely N-dealkylation sites (tertiary alicyclic amines) is 1. The third-order valence-corrected chi connectivity index (χ3v) is 12.7. The largest absolute Gasteiger partial charge is 0.465 e. The van der Waals surface area contributed by atoms with Crippen LogP contribution in [0.25, 0.3) is 0 Å². The topological polar surface area (TPSA) is 55.8 Å². The highest BCUT2D eigenvalue weighted by Crippen LogP contribution is 2.29. The lowest BCUT2D eigenvalue weighted by Crippen LogP contribution is -2.43. The lowest BCUT2D eigenvalue weighted by atomic mass is 9.87. The Morgan fingerprint density at radius 2 is 0.836 bits per heavy atom. The zero-order valence-corrected chi connectivity index (χ0v) is 38.0. The zero-order chi connectivity index (χ0) is 40.0. The fourth-order valence-corrected chi connectivity index (χ4v) is 8.89. The Kier molecular flexibility index (Phi) is 36.3. The van der Waals surface area contributed by atoms with Crippen molar-refractivity contribution >= 4 is 11.9 Å². The Hall–Kier alpha value is -1.10. The molecule has 0 radical (unpaired) electrons. The molecule has 1 fully saturated rings. The van der Waals surface area contributed by atoms with Crippen molar-refractivity contribution in [2.24, 2.45) is 17.8 Å². The molecule has 0 bridgehead atoms. The summed E-state index contributed by atoms with van der Waals surface area (Å²) < 4.78 is 11.8. The Bertz CT molecular complexity index is 848. The molecule has 55 heavy (non-hydrogen) atoms. The summed E-state index contributed by atoms with van der Waals surface area (Å²) >= 11 is 0. The molecule has 1 aliphatic rings. The maximum Gasteiger partial charge on any atom is 0.308 e. The van der Waals surface area contributed by atoms with Crippen molar-refractivity contribution < 1.29 is 19.1 Å². The number of nitrogens with zero attached hydrogens (tertiary/aromatic N) is 1. The minimum Gasteiger partial charge on any atom is -0.465 e. The molecule has 0 spiro atoms. The van der Waals surface area contributed by atoms with Gasteiger partial charge in [-0.05, 0) is 89.5 Å². The Balaban J connectivity index is 2.38. The molecule has 5 heteroatoms. The first-order valence-electron chi connectivity index (χ1n) is 25.1. The number of rotatable bonds is 40. The van der Waals surface area contributed by atoms with E-state index in [1.807, 2.05) is 0 Å². The van der Waals surface area contributed by atoms with Crippen molar-refractivity contribution in [2.45, 2.75) is 265 Å². The molecule has 326 valence electrons. The summed E-state index contributed by atoms with van der Waals surface area (Å²) in [6.07, 6.45) is 42.5. The van der Waals surface area contributed by atoms with Gasteiger partial charge in [-0.2, -0.15) is 0 Å². The fraction of sp³-hybridized carbons (Fsp3) is 0.960. The number of esters is 2. The quantitative estimate of drug-likeness (QED) is 0.0458. The normalized spacial score (nSPS) is 17.3. The summed E-state index contributed by atoms with van der Waals surface area (Å²) in [5.41, 5.74) is 0. The van der Waals surface area contributed by atoms with Crippen molar-refractivity contribution in [3.8, 4) is 0 Å². The summed E-state index contributed by atoms with van der Waals surface area (Å²) in [5, 5.41) is 0. The van der Waals surface area contributed by atoms with Gasteiger partial charge < -0.3 is 14.4 Å². The SMILES string of the molecule is CCCCCCCCC(CCCCCC)C(=O)OCCCCCC1CCC(CCCCOC(=O)C(CCCCCC)CCCCCCCC)CN1CCCC. The van der Waals surface area contributed by atoms with Crippen LogP contribution in [-0.4, -0.2) is 49.2 Å². The molecule has 0 aromatic rings. The van der Waals surface area contributed by atoms with Crippen molar-refractivity contribution in [2.75, 3.05) is 26.3 Å². The average molecular weight is 776 g/mol. The van der Waals surface area contributed by atoms with Crippen LogP contribution in [0.2, 0.25) is 0 Å². The summed E-state index contributed by atoms with van der Waals surface area (Å²) in [6, 6.07) is 0.706. The van der Waals surface area contributed by atoms with Gasteiger partial charge in [0, 0.05) is 12.6 Å². The van der Waals surface area contributed by atoms with E-state index in [4.69, 9.17) is 9.47 Å². The molecule has 1 rings (SSSR count). The van der Waals surface area contributed by atoms with Crippen LogP contribution >= 0.6 is 0 Å². The van der Waals surface area contributed by atoms with Crippen LogP contribution in [0.5, 0.6) is 0 Å². The van der Waals surface area contributed by atoms with Crippen molar-refractivity contribution in [1.29, 1.82) is 0 Å². The summed E-state index contributed by atoms with van der Waals surface area (Å²) in [6.45, 7) is 15.0. The first-order chi connectivity index (χ1) is 27.0. The van der Waals surface area contributed by atoms with Gasteiger partial charge in [0.25, 0.3) is 0 Å². The maximum atomic E-state index is 13.1. The lowest BCUT2D eigenvalue weighted by molar-refractivity contribution is -0.150. The van der Waals surface area contributed by atoms with Crippen molar-refractivity contribution in [3.05, 3.63) is 0 Å². The van der Waals surface area contributed by atoms with E-state index < -0.39 is 0 Å². The predicted octanol–water partition coefficient (Wildman–Crippen LogP) is 15.4. The van der Waals surface area contributed by atoms with Crippen LogP contribution in [0, 0.1) is 17.8 Å². The second-order valence-corrected chi connectivity index (χ2v) is 17.8. The van der Waals surface area contributed by atoms with E-state index in [9.17, 15) is 9.59 Å². The van der Waals surface area contributed by atoms with Crippen LogP contribution in [0.15, 0.2) is 0 Å². The summed E-state index contributed by atoms with van der Waals surface area (Å²) in [5.74, 6) is 1.15. The van der Waals surface area contributed by atoms with E-state index in [1.54, 1.807) is 0 Å². The highest BCUT2D eigenvalue weighted by atomic mass is 16.5. The fourth-order valence-electron chi connectivity index (χ4n) is 8.89. The molecule has 0 aromatic carbocycles. The van der Waals surface area contributed by atoms with Crippen molar-refractivity contribution in [1.82, 2.24) is 4.90 Å². The second kappa shape index (κ2) is 38.4. The van der Waals surface area contributed by atoms with Gasteiger partial charge in [0.2, 0.25) is 0 Å². The number of carbonyl (C=O) groups excluding carboxylic acids is 2. The third kappa shape index (κ3) is 28.9. The van der Waals surface area contributed by atoms with E-state index in [-0.39, 0.29) is 23.8 Å². The minimum absolute atomic E-state index is 0.0813. The van der Waals surface area contributed by atoms with E-state index in [2.05, 4.69) is 39.5 Å². The highest BCUT2D eigenvalue weighted by Gasteiger charge is 2.27. The molecule has 0 aliphatic carbocycles. The molecule has 4 unspecified atom stereocenters. The van der Waals surface area contributed by atoms with Crippen LogP contribution in [0.3, 0.4) is 0 Å². The Labute approximate surface area is 344 Å². The molecule has 0 aromatic heterocycles. The molecule has 0 amide bonds. The molecular formula is C50H97NO4. The van der Waals surface area contributed by atoms with E-state index in [0.717, 1.165) is 63.7 Å². The van der Waals surface area contributed by atoms with Crippen molar-refractivity contribution in [3.63, 3.8) is 0 Å². The van der Waals surface area contributed by atoms with E-state index >= 15 is 0 Å². The summed E-state index contributed by atoms with van der Waals surface area (Å²) in [4.78, 5) is 29.0. The molecule has 1 heterocycles. The van der Waals surface area contributed by atoms with E-state index in [0.29, 0.717) is 19.3 Å². The van der Waals surface area contributed by atoms with Crippen LogP contribution < -0.4 is 0 Å². The Morgan fingerprint density at radius 1 is 0.455 bits per heavy atom. The second-order valence-electron chi connectivity index (χ2n) is 17.8. The van der Waals surface area contributed by atoms with Crippen LogP contribution in [-0.2, 0) is 19.1 Å². The van der Waals surface area contributed by atoms with Crippen LogP contribution in [0.4, 0.5) is 0 Å². The monoisotopic (exact) mass is 776 g/mol. The molecular weight excluding hydrogens is 679 g/mol. The van der Waals surface area contributed by atoms with Gasteiger partial charge in [-0.1, -0.05) is 182 Å². The minimum atomic E-state index is 0.0813. The number of carbonyl (C=O) groups is 2. The van der Waals surface area contributed by atoms with Gasteiger partial charge in [-0.25, -0.2) is 0 Å². The van der Waals surface area contributed by atoms with Gasteiger partial charge in [0.05, 0.1) is 25.0 Å². The predicted molar refractivity (Wildman–Crippen MR) is 238 cm³/mol. The molecule has 5 nitrogen and oxygen atoms in total. The van der Waals surface area contributed by atoms with E-state index in [1.165, 1.54) is 180 Å².